The fourth-order valence-corrected chi connectivity index (χ4v) is 2.04. The topological polar surface area (TPSA) is 50.7 Å². The van der Waals surface area contributed by atoms with Crippen molar-refractivity contribution < 1.29 is 9.53 Å². The summed E-state index contributed by atoms with van der Waals surface area (Å²) in [5.41, 5.74) is 4.26. The number of nitrogens with one attached hydrogen (secondary N) is 1. The maximum absolute atomic E-state index is 11.7. The third kappa shape index (κ3) is 6.65. The van der Waals surface area contributed by atoms with Gasteiger partial charge in [-0.2, -0.15) is 5.10 Å². The van der Waals surface area contributed by atoms with E-state index in [1.54, 1.807) is 0 Å². The number of carbonyl (C=O) groups excluding carboxylic acids is 1. The molecule has 0 saturated heterocycles. The average Bonchev–Trinajstić information content (AvgIpc) is 2.58. The Morgan fingerprint density at radius 2 is 1.87 bits per heavy atom. The number of hydrazone groups is 1. The molecular weight excluding hydrogens is 403 g/mol. The van der Waals surface area contributed by atoms with Gasteiger partial charge in [-0.3, -0.25) is 4.79 Å². The summed E-state index contributed by atoms with van der Waals surface area (Å²) < 4.78 is 6.50. The van der Waals surface area contributed by atoms with Crippen molar-refractivity contribution >= 4 is 40.3 Å². The van der Waals surface area contributed by atoms with Crippen LogP contribution in [0.2, 0.25) is 0 Å². The molecule has 23 heavy (non-hydrogen) atoms. The van der Waals surface area contributed by atoms with E-state index < -0.39 is 0 Å². The van der Waals surface area contributed by atoms with Crippen LogP contribution in [0.1, 0.15) is 12.5 Å². The van der Waals surface area contributed by atoms with Gasteiger partial charge < -0.3 is 4.74 Å². The molecule has 0 fully saturated rings. The number of hydrogen-bond donors (Lipinski definition) is 1. The van der Waals surface area contributed by atoms with Crippen LogP contribution in [0.4, 0.5) is 0 Å². The van der Waals surface area contributed by atoms with E-state index in [1.165, 1.54) is 0 Å². The van der Waals surface area contributed by atoms with Crippen LogP contribution in [0.25, 0.3) is 6.08 Å². The van der Waals surface area contributed by atoms with Crippen LogP contribution in [0, 0.1) is 3.57 Å². The first kappa shape index (κ1) is 17.2. The summed E-state index contributed by atoms with van der Waals surface area (Å²) in [6.07, 6.45) is 3.78. The zero-order valence-electron chi connectivity index (χ0n) is 12.7. The Balaban J connectivity index is 1.78. The number of halogens is 1. The predicted molar refractivity (Wildman–Crippen MR) is 101 cm³/mol. The molecule has 0 heterocycles. The molecule has 0 bridgehead atoms. The van der Waals surface area contributed by atoms with E-state index in [0.717, 1.165) is 9.13 Å². The molecule has 0 unspecified atom stereocenters. The van der Waals surface area contributed by atoms with Crippen LogP contribution in [0.15, 0.2) is 65.8 Å². The van der Waals surface area contributed by atoms with Crippen molar-refractivity contribution in [1.29, 1.82) is 0 Å². The Morgan fingerprint density at radius 3 is 2.57 bits per heavy atom. The highest BCUT2D eigenvalue weighted by Gasteiger charge is 2.01. The van der Waals surface area contributed by atoms with E-state index in [4.69, 9.17) is 4.74 Å². The van der Waals surface area contributed by atoms with Gasteiger partial charge in [0, 0.05) is 3.57 Å². The Labute approximate surface area is 149 Å². The van der Waals surface area contributed by atoms with E-state index in [0.29, 0.717) is 11.5 Å². The number of hydrogen-bond acceptors (Lipinski definition) is 3. The molecule has 118 valence electrons. The second-order valence-electron chi connectivity index (χ2n) is 4.77. The lowest BCUT2D eigenvalue weighted by Crippen LogP contribution is -2.25. The number of nitrogens with zero attached hydrogens (tertiary/aromatic N) is 1. The summed E-state index contributed by atoms with van der Waals surface area (Å²) in [5, 5.41) is 4.01. The lowest BCUT2D eigenvalue weighted by Gasteiger charge is -2.05. The minimum absolute atomic E-state index is 0.0697. The van der Waals surface area contributed by atoms with E-state index in [1.807, 2.05) is 73.7 Å². The summed E-state index contributed by atoms with van der Waals surface area (Å²) in [6.45, 7) is 1.75. The maximum Gasteiger partial charge on any atom is 0.277 e. The van der Waals surface area contributed by atoms with Gasteiger partial charge in [-0.05, 0) is 65.4 Å². The van der Waals surface area contributed by atoms with Crippen LogP contribution in [-0.4, -0.2) is 18.2 Å². The number of benzene rings is 2. The second-order valence-corrected chi connectivity index (χ2v) is 6.02. The number of ether oxygens (including phenoxy) is 1. The lowest BCUT2D eigenvalue weighted by molar-refractivity contribution is -0.123. The maximum atomic E-state index is 11.7. The van der Waals surface area contributed by atoms with Crippen molar-refractivity contribution in [2.24, 2.45) is 5.10 Å². The normalized spacial score (nSPS) is 11.5. The van der Waals surface area contributed by atoms with E-state index in [9.17, 15) is 4.79 Å². The van der Waals surface area contributed by atoms with Crippen LogP contribution in [0.3, 0.4) is 0 Å². The van der Waals surface area contributed by atoms with Crippen LogP contribution in [-0.2, 0) is 4.79 Å². The average molecular weight is 420 g/mol. The van der Waals surface area contributed by atoms with Gasteiger partial charge >= 0.3 is 0 Å². The molecule has 2 aromatic rings. The third-order valence-corrected chi connectivity index (χ3v) is 3.58. The number of amides is 1. The highest BCUT2D eigenvalue weighted by Crippen LogP contribution is 2.13. The molecule has 0 atom stereocenters. The van der Waals surface area contributed by atoms with Crippen molar-refractivity contribution in [1.82, 2.24) is 5.43 Å². The Morgan fingerprint density at radius 1 is 1.17 bits per heavy atom. The molecule has 0 spiro atoms. The minimum atomic E-state index is -0.295. The minimum Gasteiger partial charge on any atom is -0.484 e. The number of allylic oxidation sites excluding steroid dienone is 1. The van der Waals surface area contributed by atoms with Crippen molar-refractivity contribution in [3.8, 4) is 5.75 Å². The molecule has 2 aromatic carbocycles. The molecule has 0 aliphatic rings. The first-order valence-corrected chi connectivity index (χ1v) is 8.16. The smallest absolute Gasteiger partial charge is 0.277 e. The van der Waals surface area contributed by atoms with E-state index in [2.05, 4.69) is 33.1 Å². The van der Waals surface area contributed by atoms with Gasteiger partial charge in [0.15, 0.2) is 6.61 Å². The van der Waals surface area contributed by atoms with Crippen LogP contribution in [0.5, 0.6) is 5.75 Å². The molecule has 4 nitrogen and oxygen atoms in total. The molecule has 5 heteroatoms. The lowest BCUT2D eigenvalue weighted by atomic mass is 10.2. The molecule has 0 radical (unpaired) electrons. The van der Waals surface area contributed by atoms with Gasteiger partial charge in [0.25, 0.3) is 5.91 Å². The highest BCUT2D eigenvalue weighted by atomic mass is 127. The summed E-state index contributed by atoms with van der Waals surface area (Å²) in [5.74, 6) is 0.362. The Bertz CT molecular complexity index is 695. The number of rotatable bonds is 6. The summed E-state index contributed by atoms with van der Waals surface area (Å²) in [4.78, 5) is 11.7. The Hall–Kier alpha value is -2.15. The molecule has 0 aromatic heterocycles. The second kappa shape index (κ2) is 9.09. The van der Waals surface area contributed by atoms with Gasteiger partial charge in [0.2, 0.25) is 0 Å². The predicted octanol–water partition coefficient (Wildman–Crippen LogP) is 3.88. The molecule has 2 rings (SSSR count). The van der Waals surface area contributed by atoms with Gasteiger partial charge in [-0.25, -0.2) is 5.43 Å². The van der Waals surface area contributed by atoms with Crippen molar-refractivity contribution in [2.45, 2.75) is 6.92 Å². The summed E-state index contributed by atoms with van der Waals surface area (Å²) in [7, 11) is 0. The summed E-state index contributed by atoms with van der Waals surface area (Å²) >= 11 is 2.21. The van der Waals surface area contributed by atoms with Gasteiger partial charge in [0.1, 0.15) is 5.75 Å². The monoisotopic (exact) mass is 420 g/mol. The number of carbonyl (C=O) groups is 1. The third-order valence-electron chi connectivity index (χ3n) is 2.86. The van der Waals surface area contributed by atoms with Crippen molar-refractivity contribution in [3.05, 3.63) is 69.8 Å². The van der Waals surface area contributed by atoms with Gasteiger partial charge in [-0.15, -0.1) is 0 Å². The first-order valence-electron chi connectivity index (χ1n) is 7.08. The SMILES string of the molecule is CC(/C=C/c1ccccc1)=N\NC(=O)COc1ccc(I)cc1. The largest absolute Gasteiger partial charge is 0.484 e. The fraction of sp³-hybridized carbons (Fsp3) is 0.111. The molecular formula is C18H17IN2O2. The molecule has 1 amide bonds. The standard InChI is InChI=1S/C18H17IN2O2/c1-14(7-8-15-5-3-2-4-6-15)20-21-18(22)13-23-17-11-9-16(19)10-12-17/h2-12H,13H2,1H3,(H,21,22)/b8-7+,20-14+. The van der Waals surface area contributed by atoms with E-state index in [-0.39, 0.29) is 12.5 Å². The van der Waals surface area contributed by atoms with Crippen molar-refractivity contribution in [2.75, 3.05) is 6.61 Å². The molecule has 0 saturated carbocycles. The van der Waals surface area contributed by atoms with Gasteiger partial charge in [-0.1, -0.05) is 36.4 Å². The zero-order valence-corrected chi connectivity index (χ0v) is 14.9. The fourth-order valence-electron chi connectivity index (χ4n) is 1.68. The van der Waals surface area contributed by atoms with Crippen LogP contribution < -0.4 is 10.2 Å². The van der Waals surface area contributed by atoms with E-state index >= 15 is 0 Å². The highest BCUT2D eigenvalue weighted by molar-refractivity contribution is 14.1. The first-order chi connectivity index (χ1) is 11.1. The van der Waals surface area contributed by atoms with Crippen molar-refractivity contribution in [3.63, 3.8) is 0 Å². The quantitative estimate of drug-likeness (QED) is 0.438. The molecule has 0 aliphatic heterocycles. The van der Waals surface area contributed by atoms with Crippen LogP contribution >= 0.6 is 22.6 Å². The molecule has 0 aliphatic carbocycles. The summed E-state index contributed by atoms with van der Waals surface area (Å²) in [6, 6.07) is 17.4. The Kier molecular flexibility index (Phi) is 6.80. The zero-order chi connectivity index (χ0) is 16.5. The van der Waals surface area contributed by atoms with Gasteiger partial charge in [0.05, 0.1) is 5.71 Å². The molecule has 1 N–H and O–H groups in total.